The second kappa shape index (κ2) is 7.14. The van der Waals surface area contributed by atoms with E-state index in [0.29, 0.717) is 13.0 Å². The van der Waals surface area contributed by atoms with E-state index in [9.17, 15) is 18.0 Å². The number of hydrogen-bond acceptors (Lipinski definition) is 3. The number of carbonyl (C=O) groups excluding carboxylic acids is 1. The predicted octanol–water partition coefficient (Wildman–Crippen LogP) is 2.40. The van der Waals surface area contributed by atoms with Gasteiger partial charge >= 0.3 is 12.2 Å². The number of carbonyl (C=O) groups is 1. The molecule has 0 saturated carbocycles. The fraction of sp³-hybridized carbons (Fsp3) is 0.286. The summed E-state index contributed by atoms with van der Waals surface area (Å²) in [6, 6.07) is 5.67. The molecular formula is C14H15F3N4O2. The summed E-state index contributed by atoms with van der Waals surface area (Å²) in [5, 5.41) is 17.6. The van der Waals surface area contributed by atoms with Gasteiger partial charge in [0.05, 0.1) is 11.3 Å². The highest BCUT2D eigenvalue weighted by Crippen LogP contribution is 2.30. The SMILES string of the molecule is O=C(NCCCO)Nc1ccn(-c2cccc(C(F)(F)F)c2)n1. The van der Waals surface area contributed by atoms with Crippen molar-refractivity contribution >= 4 is 11.8 Å². The second-order valence-corrected chi connectivity index (χ2v) is 4.65. The minimum atomic E-state index is -4.43. The topological polar surface area (TPSA) is 79.2 Å². The Morgan fingerprint density at radius 3 is 2.78 bits per heavy atom. The molecular weight excluding hydrogens is 313 g/mol. The molecule has 2 aromatic rings. The largest absolute Gasteiger partial charge is 0.416 e. The second-order valence-electron chi connectivity index (χ2n) is 4.65. The number of benzene rings is 1. The average Bonchev–Trinajstić information content (AvgIpc) is 2.95. The molecule has 0 unspecified atom stereocenters. The number of anilines is 1. The number of hydrogen-bond donors (Lipinski definition) is 3. The Hall–Kier alpha value is -2.55. The van der Waals surface area contributed by atoms with E-state index < -0.39 is 17.8 Å². The molecule has 0 aliphatic rings. The number of amides is 2. The van der Waals surface area contributed by atoms with E-state index in [-0.39, 0.29) is 18.1 Å². The Morgan fingerprint density at radius 1 is 1.30 bits per heavy atom. The van der Waals surface area contributed by atoms with Gasteiger partial charge < -0.3 is 10.4 Å². The summed E-state index contributed by atoms with van der Waals surface area (Å²) in [5.41, 5.74) is -0.546. The fourth-order valence-corrected chi connectivity index (χ4v) is 1.80. The molecule has 0 bridgehead atoms. The molecule has 0 aliphatic heterocycles. The van der Waals surface area contributed by atoms with Crippen LogP contribution in [0.5, 0.6) is 0 Å². The molecule has 0 saturated heterocycles. The smallest absolute Gasteiger partial charge is 0.396 e. The van der Waals surface area contributed by atoms with Crippen LogP contribution in [-0.2, 0) is 6.18 Å². The van der Waals surface area contributed by atoms with Gasteiger partial charge in [-0.15, -0.1) is 5.10 Å². The third-order valence-electron chi connectivity index (χ3n) is 2.89. The number of urea groups is 1. The van der Waals surface area contributed by atoms with E-state index in [1.54, 1.807) is 0 Å². The van der Waals surface area contributed by atoms with Crippen molar-refractivity contribution in [2.75, 3.05) is 18.5 Å². The molecule has 1 aromatic heterocycles. The Balaban J connectivity index is 2.06. The van der Waals surface area contributed by atoms with Crippen molar-refractivity contribution in [1.82, 2.24) is 15.1 Å². The molecule has 23 heavy (non-hydrogen) atoms. The van der Waals surface area contributed by atoms with E-state index in [1.165, 1.54) is 29.1 Å². The first-order chi connectivity index (χ1) is 10.9. The maximum Gasteiger partial charge on any atom is 0.416 e. The maximum absolute atomic E-state index is 12.7. The average molecular weight is 328 g/mol. The van der Waals surface area contributed by atoms with Gasteiger partial charge in [-0.05, 0) is 24.6 Å². The van der Waals surface area contributed by atoms with E-state index in [2.05, 4.69) is 15.7 Å². The Labute approximate surface area is 129 Å². The summed E-state index contributed by atoms with van der Waals surface area (Å²) in [6.45, 7) is 0.265. The third-order valence-corrected chi connectivity index (χ3v) is 2.89. The van der Waals surface area contributed by atoms with Crippen LogP contribution in [0, 0.1) is 0 Å². The van der Waals surface area contributed by atoms with Crippen LogP contribution in [0.3, 0.4) is 0 Å². The van der Waals surface area contributed by atoms with Gasteiger partial charge in [-0.25, -0.2) is 9.48 Å². The lowest BCUT2D eigenvalue weighted by atomic mass is 10.2. The van der Waals surface area contributed by atoms with Gasteiger partial charge in [-0.1, -0.05) is 6.07 Å². The summed E-state index contributed by atoms with van der Waals surface area (Å²) < 4.78 is 39.3. The molecule has 3 N–H and O–H groups in total. The Kier molecular flexibility index (Phi) is 5.22. The Morgan fingerprint density at radius 2 is 2.09 bits per heavy atom. The van der Waals surface area contributed by atoms with Gasteiger partial charge in [0.2, 0.25) is 0 Å². The molecule has 124 valence electrons. The molecule has 0 spiro atoms. The van der Waals surface area contributed by atoms with Crippen molar-refractivity contribution in [2.45, 2.75) is 12.6 Å². The van der Waals surface area contributed by atoms with Crippen LogP contribution >= 0.6 is 0 Å². The molecule has 0 aliphatic carbocycles. The van der Waals surface area contributed by atoms with Gasteiger partial charge in [-0.2, -0.15) is 13.2 Å². The molecule has 0 atom stereocenters. The van der Waals surface area contributed by atoms with Crippen LogP contribution in [-0.4, -0.2) is 34.1 Å². The zero-order chi connectivity index (χ0) is 16.9. The predicted molar refractivity (Wildman–Crippen MR) is 77.3 cm³/mol. The molecule has 1 aromatic carbocycles. The molecule has 6 nitrogen and oxygen atoms in total. The highest BCUT2D eigenvalue weighted by molar-refractivity contribution is 5.88. The summed E-state index contributed by atoms with van der Waals surface area (Å²) >= 11 is 0. The first kappa shape index (κ1) is 16.8. The van der Waals surface area contributed by atoms with Crippen LogP contribution in [0.15, 0.2) is 36.5 Å². The van der Waals surface area contributed by atoms with Crippen LogP contribution in [0.1, 0.15) is 12.0 Å². The molecule has 1 heterocycles. The zero-order valence-electron chi connectivity index (χ0n) is 12.0. The first-order valence-electron chi connectivity index (χ1n) is 6.79. The minimum absolute atomic E-state index is 0.0372. The lowest BCUT2D eigenvalue weighted by Gasteiger charge is -2.08. The molecule has 2 amide bonds. The highest BCUT2D eigenvalue weighted by Gasteiger charge is 2.30. The van der Waals surface area contributed by atoms with Gasteiger partial charge in [0, 0.05) is 25.4 Å². The third kappa shape index (κ3) is 4.71. The summed E-state index contributed by atoms with van der Waals surface area (Å²) in [7, 11) is 0. The van der Waals surface area contributed by atoms with E-state index in [4.69, 9.17) is 5.11 Å². The number of halogens is 3. The number of nitrogens with zero attached hydrogens (tertiary/aromatic N) is 2. The summed E-state index contributed by atoms with van der Waals surface area (Å²) in [4.78, 5) is 11.5. The van der Waals surface area contributed by atoms with Crippen molar-refractivity contribution in [2.24, 2.45) is 0 Å². The summed E-state index contributed by atoms with van der Waals surface area (Å²) in [6.07, 6.45) is -2.57. The van der Waals surface area contributed by atoms with Crippen LogP contribution in [0.25, 0.3) is 5.69 Å². The summed E-state index contributed by atoms with van der Waals surface area (Å²) in [5.74, 6) is 0.198. The van der Waals surface area contributed by atoms with E-state index in [0.717, 1.165) is 12.1 Å². The van der Waals surface area contributed by atoms with Gasteiger partial charge in [0.1, 0.15) is 0 Å². The normalized spacial score (nSPS) is 11.3. The van der Waals surface area contributed by atoms with Crippen LogP contribution < -0.4 is 10.6 Å². The van der Waals surface area contributed by atoms with E-state index >= 15 is 0 Å². The quantitative estimate of drug-likeness (QED) is 0.738. The van der Waals surface area contributed by atoms with Crippen molar-refractivity contribution in [1.29, 1.82) is 0 Å². The number of alkyl halides is 3. The van der Waals surface area contributed by atoms with E-state index in [1.807, 2.05) is 0 Å². The standard InChI is InChI=1S/C14H15F3N4O2/c15-14(16,17)10-3-1-4-11(9-10)21-7-5-12(20-21)19-13(23)18-6-2-8-22/h1,3-5,7,9,22H,2,6,8H2,(H2,18,19,20,23). The van der Waals surface area contributed by atoms with Gasteiger partial charge in [0.25, 0.3) is 0 Å². The monoisotopic (exact) mass is 328 g/mol. The fourth-order valence-electron chi connectivity index (χ4n) is 1.80. The zero-order valence-corrected chi connectivity index (χ0v) is 12.0. The molecule has 2 rings (SSSR count). The number of aliphatic hydroxyl groups is 1. The lowest BCUT2D eigenvalue weighted by Crippen LogP contribution is -2.30. The van der Waals surface area contributed by atoms with Crippen molar-refractivity contribution in [3.63, 3.8) is 0 Å². The van der Waals surface area contributed by atoms with Gasteiger partial charge in [-0.3, -0.25) is 5.32 Å². The maximum atomic E-state index is 12.7. The van der Waals surface area contributed by atoms with Crippen molar-refractivity contribution < 1.29 is 23.1 Å². The molecule has 9 heteroatoms. The first-order valence-corrected chi connectivity index (χ1v) is 6.79. The number of rotatable bonds is 5. The van der Waals surface area contributed by atoms with Crippen molar-refractivity contribution in [3.05, 3.63) is 42.1 Å². The van der Waals surface area contributed by atoms with Crippen LogP contribution in [0.2, 0.25) is 0 Å². The van der Waals surface area contributed by atoms with Crippen LogP contribution in [0.4, 0.5) is 23.8 Å². The lowest BCUT2D eigenvalue weighted by molar-refractivity contribution is -0.137. The number of nitrogens with one attached hydrogen (secondary N) is 2. The number of aromatic nitrogens is 2. The Bertz CT molecular complexity index is 670. The molecule has 0 fully saturated rings. The number of aliphatic hydroxyl groups excluding tert-OH is 1. The minimum Gasteiger partial charge on any atom is -0.396 e. The van der Waals surface area contributed by atoms with Crippen molar-refractivity contribution in [3.8, 4) is 5.69 Å². The highest BCUT2D eigenvalue weighted by atomic mass is 19.4. The molecule has 0 radical (unpaired) electrons. The van der Waals surface area contributed by atoms with Gasteiger partial charge in [0.15, 0.2) is 5.82 Å².